The minimum atomic E-state index is 0.526. The molecule has 2 N–H and O–H groups in total. The summed E-state index contributed by atoms with van der Waals surface area (Å²) in [7, 11) is 0. The molecule has 2 rings (SSSR count). The van der Waals surface area contributed by atoms with Gasteiger partial charge in [0.05, 0.1) is 0 Å². The van der Waals surface area contributed by atoms with Gasteiger partial charge in [-0.15, -0.1) is 0 Å². The Balaban J connectivity index is 1.85. The number of hydrogen-bond acceptors (Lipinski definition) is 4. The van der Waals surface area contributed by atoms with E-state index in [9.17, 15) is 0 Å². The molecule has 0 aliphatic heterocycles. The van der Waals surface area contributed by atoms with Crippen LogP contribution in [0.15, 0.2) is 4.52 Å². The maximum Gasteiger partial charge on any atom is 0.226 e. The molecule has 1 aromatic rings. The second kappa shape index (κ2) is 6.15. The van der Waals surface area contributed by atoms with Crippen LogP contribution in [0, 0.1) is 5.92 Å². The van der Waals surface area contributed by atoms with Crippen LogP contribution in [0.1, 0.15) is 63.1 Å². The van der Waals surface area contributed by atoms with Gasteiger partial charge >= 0.3 is 0 Å². The Kier molecular flexibility index (Phi) is 4.54. The third kappa shape index (κ3) is 3.53. The van der Waals surface area contributed by atoms with E-state index in [0.717, 1.165) is 43.4 Å². The predicted molar refractivity (Wildman–Crippen MR) is 66.7 cm³/mol. The van der Waals surface area contributed by atoms with Gasteiger partial charge in [-0.05, 0) is 38.1 Å². The van der Waals surface area contributed by atoms with E-state index in [1.807, 2.05) is 0 Å². The second-order valence-electron chi connectivity index (χ2n) is 5.25. The van der Waals surface area contributed by atoms with Gasteiger partial charge in [0.2, 0.25) is 5.89 Å². The fraction of sp³-hybridized carbons (Fsp3) is 0.846. The molecule has 1 fully saturated rings. The van der Waals surface area contributed by atoms with Gasteiger partial charge in [-0.1, -0.05) is 24.9 Å². The molecule has 0 spiro atoms. The quantitative estimate of drug-likeness (QED) is 0.799. The van der Waals surface area contributed by atoms with Crippen molar-refractivity contribution in [1.82, 2.24) is 10.1 Å². The summed E-state index contributed by atoms with van der Waals surface area (Å²) < 4.78 is 5.29. The van der Waals surface area contributed by atoms with Crippen LogP contribution < -0.4 is 5.73 Å². The molecular weight excluding hydrogens is 214 g/mol. The van der Waals surface area contributed by atoms with E-state index in [1.165, 1.54) is 25.7 Å². The molecule has 1 aliphatic carbocycles. The predicted octanol–water partition coefficient (Wildman–Crippen LogP) is 2.64. The van der Waals surface area contributed by atoms with Crippen molar-refractivity contribution < 1.29 is 4.52 Å². The Bertz CT molecular complexity index is 329. The van der Waals surface area contributed by atoms with Gasteiger partial charge in [-0.2, -0.15) is 4.98 Å². The third-order valence-corrected chi connectivity index (χ3v) is 3.71. The van der Waals surface area contributed by atoms with Crippen molar-refractivity contribution in [3.8, 4) is 0 Å². The zero-order valence-corrected chi connectivity index (χ0v) is 10.7. The monoisotopic (exact) mass is 237 g/mol. The summed E-state index contributed by atoms with van der Waals surface area (Å²) in [5.74, 6) is 3.10. The molecule has 0 saturated heterocycles. The second-order valence-corrected chi connectivity index (χ2v) is 5.25. The van der Waals surface area contributed by atoms with Crippen LogP contribution in [0.3, 0.4) is 0 Å². The molecule has 4 heteroatoms. The number of rotatable bonds is 5. The molecule has 0 amide bonds. The number of hydrogen-bond donors (Lipinski definition) is 1. The fourth-order valence-electron chi connectivity index (χ4n) is 2.47. The molecule has 1 saturated carbocycles. The van der Waals surface area contributed by atoms with Gasteiger partial charge in [-0.3, -0.25) is 0 Å². The van der Waals surface area contributed by atoms with Crippen LogP contribution in [0.4, 0.5) is 0 Å². The van der Waals surface area contributed by atoms with Gasteiger partial charge in [0.25, 0.3) is 0 Å². The Morgan fingerprint density at radius 1 is 1.24 bits per heavy atom. The van der Waals surface area contributed by atoms with Crippen molar-refractivity contribution >= 4 is 0 Å². The van der Waals surface area contributed by atoms with E-state index in [2.05, 4.69) is 17.1 Å². The highest BCUT2D eigenvalue weighted by Gasteiger charge is 2.23. The van der Waals surface area contributed by atoms with Crippen LogP contribution in [0.2, 0.25) is 0 Å². The molecule has 1 heterocycles. The van der Waals surface area contributed by atoms with Crippen LogP contribution in [0.5, 0.6) is 0 Å². The Morgan fingerprint density at radius 3 is 2.71 bits per heavy atom. The zero-order chi connectivity index (χ0) is 12.1. The molecule has 0 unspecified atom stereocenters. The average molecular weight is 237 g/mol. The van der Waals surface area contributed by atoms with Gasteiger partial charge in [0.1, 0.15) is 0 Å². The van der Waals surface area contributed by atoms with Gasteiger partial charge < -0.3 is 10.3 Å². The number of unbranched alkanes of at least 4 members (excludes halogenated alkanes) is 1. The normalized spacial score (nSPS) is 25.1. The highest BCUT2D eigenvalue weighted by atomic mass is 16.5. The van der Waals surface area contributed by atoms with E-state index >= 15 is 0 Å². The lowest BCUT2D eigenvalue weighted by atomic mass is 9.83. The summed E-state index contributed by atoms with van der Waals surface area (Å²) >= 11 is 0. The van der Waals surface area contributed by atoms with E-state index in [0.29, 0.717) is 5.92 Å². The Hall–Kier alpha value is -0.900. The summed E-state index contributed by atoms with van der Waals surface area (Å²) in [5.41, 5.74) is 5.46. The number of nitrogens with two attached hydrogens (primary N) is 1. The molecule has 0 atom stereocenters. The molecule has 1 aromatic heterocycles. The number of aromatic nitrogens is 2. The van der Waals surface area contributed by atoms with Crippen LogP contribution in [-0.4, -0.2) is 16.7 Å². The van der Waals surface area contributed by atoms with Crippen LogP contribution in [-0.2, 0) is 6.42 Å². The highest BCUT2D eigenvalue weighted by molar-refractivity contribution is 4.97. The summed E-state index contributed by atoms with van der Waals surface area (Å²) in [4.78, 5) is 4.51. The largest absolute Gasteiger partial charge is 0.339 e. The number of aryl methyl sites for hydroxylation is 1. The van der Waals surface area contributed by atoms with Crippen molar-refractivity contribution in [2.24, 2.45) is 11.7 Å². The lowest BCUT2D eigenvalue weighted by molar-refractivity contribution is 0.323. The van der Waals surface area contributed by atoms with Gasteiger partial charge in [-0.25, -0.2) is 0 Å². The molecular formula is C13H23N3O. The molecule has 96 valence electrons. The maximum atomic E-state index is 5.46. The van der Waals surface area contributed by atoms with Crippen LogP contribution >= 0.6 is 0 Å². The Labute approximate surface area is 103 Å². The summed E-state index contributed by atoms with van der Waals surface area (Å²) in [6.07, 6.45) is 7.95. The van der Waals surface area contributed by atoms with Crippen molar-refractivity contribution in [3.63, 3.8) is 0 Å². The topological polar surface area (TPSA) is 64.9 Å². The van der Waals surface area contributed by atoms with Crippen molar-refractivity contribution in [1.29, 1.82) is 0 Å². The molecule has 0 bridgehead atoms. The average Bonchev–Trinajstić information content (AvgIpc) is 2.79. The first-order valence-corrected chi connectivity index (χ1v) is 6.82. The first kappa shape index (κ1) is 12.6. The minimum absolute atomic E-state index is 0.526. The smallest absolute Gasteiger partial charge is 0.226 e. The number of nitrogens with zero attached hydrogens (tertiary/aromatic N) is 2. The first-order chi connectivity index (χ1) is 8.29. The van der Waals surface area contributed by atoms with E-state index in [-0.39, 0.29) is 0 Å². The van der Waals surface area contributed by atoms with Gasteiger partial charge in [0, 0.05) is 12.3 Å². The first-order valence-electron chi connectivity index (χ1n) is 6.82. The van der Waals surface area contributed by atoms with Crippen LogP contribution in [0.25, 0.3) is 0 Å². The fourth-order valence-corrected chi connectivity index (χ4v) is 2.47. The van der Waals surface area contributed by atoms with E-state index in [1.54, 1.807) is 0 Å². The minimum Gasteiger partial charge on any atom is -0.339 e. The maximum absolute atomic E-state index is 5.46. The van der Waals surface area contributed by atoms with Crippen molar-refractivity contribution in [3.05, 3.63) is 11.7 Å². The third-order valence-electron chi connectivity index (χ3n) is 3.71. The van der Waals surface area contributed by atoms with Crippen molar-refractivity contribution in [2.75, 3.05) is 6.54 Å². The molecule has 1 aliphatic rings. The lowest BCUT2D eigenvalue weighted by Gasteiger charge is -2.23. The molecule has 0 radical (unpaired) electrons. The highest BCUT2D eigenvalue weighted by Crippen LogP contribution is 2.34. The summed E-state index contributed by atoms with van der Waals surface area (Å²) in [6.45, 7) is 3.06. The summed E-state index contributed by atoms with van der Waals surface area (Å²) in [6, 6.07) is 0. The molecule has 17 heavy (non-hydrogen) atoms. The zero-order valence-electron chi connectivity index (χ0n) is 10.7. The summed E-state index contributed by atoms with van der Waals surface area (Å²) in [5, 5.41) is 4.13. The standard InChI is InChI=1S/C13H23N3O/c1-10-5-7-11(8-6-10)13-15-12(17-16-13)4-2-3-9-14/h10-11H,2-9,14H2,1H3. The molecule has 0 aromatic carbocycles. The Morgan fingerprint density at radius 2 is 2.00 bits per heavy atom. The van der Waals surface area contributed by atoms with Crippen molar-refractivity contribution in [2.45, 2.75) is 57.8 Å². The lowest BCUT2D eigenvalue weighted by Crippen LogP contribution is -2.12. The van der Waals surface area contributed by atoms with Gasteiger partial charge in [0.15, 0.2) is 5.82 Å². The van der Waals surface area contributed by atoms with E-state index < -0.39 is 0 Å². The SMILES string of the molecule is CC1CCC(c2noc(CCCCN)n2)CC1. The van der Waals surface area contributed by atoms with E-state index in [4.69, 9.17) is 10.3 Å². The molecule has 4 nitrogen and oxygen atoms in total.